The number of nitrogens with two attached hydrogens (primary N) is 1. The molecule has 1 atom stereocenters. The topological polar surface area (TPSA) is 35.2 Å². The van der Waals surface area contributed by atoms with Crippen LogP contribution in [0.25, 0.3) is 0 Å². The zero-order valence-electron chi connectivity index (χ0n) is 9.55. The van der Waals surface area contributed by atoms with E-state index in [2.05, 4.69) is 26.0 Å². The van der Waals surface area contributed by atoms with Crippen molar-refractivity contribution in [1.82, 2.24) is 0 Å². The summed E-state index contributed by atoms with van der Waals surface area (Å²) in [5.74, 6) is 1.70. The highest BCUT2D eigenvalue weighted by molar-refractivity contribution is 5.46. The van der Waals surface area contributed by atoms with Gasteiger partial charge in [0, 0.05) is 0 Å². The Bertz CT molecular complexity index is 360. The molecule has 1 aromatic carbocycles. The standard InChI is InChI=1S/C13H19NO/c1-9-7-10(2)13-12(8-9)11(3-5-14)4-6-15-13/h7-8,11H,3-6,14H2,1-2H3. The van der Waals surface area contributed by atoms with Crippen LogP contribution in [0.5, 0.6) is 5.75 Å². The smallest absolute Gasteiger partial charge is 0.125 e. The Morgan fingerprint density at radius 2 is 2.20 bits per heavy atom. The average molecular weight is 205 g/mol. The van der Waals surface area contributed by atoms with Crippen molar-refractivity contribution in [2.45, 2.75) is 32.6 Å². The molecular weight excluding hydrogens is 186 g/mol. The van der Waals surface area contributed by atoms with Gasteiger partial charge < -0.3 is 10.5 Å². The third-order valence-corrected chi connectivity index (χ3v) is 3.12. The lowest BCUT2D eigenvalue weighted by molar-refractivity contribution is 0.262. The maximum atomic E-state index is 5.74. The molecule has 0 bridgehead atoms. The Morgan fingerprint density at radius 1 is 1.40 bits per heavy atom. The first-order valence-electron chi connectivity index (χ1n) is 5.66. The minimum Gasteiger partial charge on any atom is -0.493 e. The summed E-state index contributed by atoms with van der Waals surface area (Å²) in [4.78, 5) is 0. The van der Waals surface area contributed by atoms with E-state index >= 15 is 0 Å². The highest BCUT2D eigenvalue weighted by Gasteiger charge is 2.22. The van der Waals surface area contributed by atoms with Crippen molar-refractivity contribution < 1.29 is 4.74 Å². The van der Waals surface area contributed by atoms with E-state index in [1.54, 1.807) is 0 Å². The molecular formula is C13H19NO. The molecule has 2 rings (SSSR count). The Balaban J connectivity index is 2.41. The van der Waals surface area contributed by atoms with E-state index in [9.17, 15) is 0 Å². The first-order valence-corrected chi connectivity index (χ1v) is 5.66. The molecule has 0 amide bonds. The number of ether oxygens (including phenoxy) is 1. The molecule has 0 aromatic heterocycles. The van der Waals surface area contributed by atoms with Crippen LogP contribution in [0, 0.1) is 13.8 Å². The fourth-order valence-corrected chi connectivity index (χ4v) is 2.45. The monoisotopic (exact) mass is 205 g/mol. The Morgan fingerprint density at radius 3 is 2.93 bits per heavy atom. The van der Waals surface area contributed by atoms with Crippen LogP contribution < -0.4 is 10.5 Å². The second-order valence-electron chi connectivity index (χ2n) is 4.41. The molecule has 0 saturated heterocycles. The van der Waals surface area contributed by atoms with Crippen LogP contribution >= 0.6 is 0 Å². The van der Waals surface area contributed by atoms with Crippen molar-refractivity contribution >= 4 is 0 Å². The predicted molar refractivity (Wildman–Crippen MR) is 62.4 cm³/mol. The zero-order valence-corrected chi connectivity index (χ0v) is 9.55. The van der Waals surface area contributed by atoms with Gasteiger partial charge in [-0.1, -0.05) is 17.7 Å². The first-order chi connectivity index (χ1) is 7.22. The van der Waals surface area contributed by atoms with Gasteiger partial charge in [0.2, 0.25) is 0 Å². The fourth-order valence-electron chi connectivity index (χ4n) is 2.45. The second-order valence-corrected chi connectivity index (χ2v) is 4.41. The molecule has 0 saturated carbocycles. The quantitative estimate of drug-likeness (QED) is 0.805. The van der Waals surface area contributed by atoms with E-state index in [0.717, 1.165) is 31.7 Å². The van der Waals surface area contributed by atoms with Crippen LogP contribution in [0.15, 0.2) is 12.1 Å². The number of rotatable bonds is 2. The van der Waals surface area contributed by atoms with E-state index in [0.29, 0.717) is 5.92 Å². The van der Waals surface area contributed by atoms with Crippen molar-refractivity contribution in [2.75, 3.05) is 13.2 Å². The number of fused-ring (bicyclic) bond motifs is 1. The molecule has 1 aromatic rings. The molecule has 1 aliphatic heterocycles. The molecule has 2 N–H and O–H groups in total. The van der Waals surface area contributed by atoms with Crippen molar-refractivity contribution in [3.63, 3.8) is 0 Å². The molecule has 1 aliphatic rings. The number of aryl methyl sites for hydroxylation is 2. The van der Waals surface area contributed by atoms with Crippen LogP contribution in [0.3, 0.4) is 0 Å². The lowest BCUT2D eigenvalue weighted by atomic mass is 9.88. The van der Waals surface area contributed by atoms with Gasteiger partial charge in [-0.15, -0.1) is 0 Å². The lowest BCUT2D eigenvalue weighted by Crippen LogP contribution is -2.18. The minimum absolute atomic E-state index is 0.595. The molecule has 1 unspecified atom stereocenters. The van der Waals surface area contributed by atoms with Gasteiger partial charge in [-0.05, 0) is 50.3 Å². The average Bonchev–Trinajstić information content (AvgIpc) is 2.19. The van der Waals surface area contributed by atoms with Gasteiger partial charge in [-0.2, -0.15) is 0 Å². The summed E-state index contributed by atoms with van der Waals surface area (Å²) in [5, 5.41) is 0. The number of hydrogen-bond acceptors (Lipinski definition) is 2. The molecule has 2 nitrogen and oxygen atoms in total. The van der Waals surface area contributed by atoms with Crippen LogP contribution in [0.4, 0.5) is 0 Å². The third kappa shape index (κ3) is 2.00. The van der Waals surface area contributed by atoms with E-state index in [4.69, 9.17) is 10.5 Å². The summed E-state index contributed by atoms with van der Waals surface area (Å²) in [6.45, 7) is 5.86. The van der Waals surface area contributed by atoms with Gasteiger partial charge in [0.25, 0.3) is 0 Å². The van der Waals surface area contributed by atoms with Crippen LogP contribution in [-0.4, -0.2) is 13.2 Å². The lowest BCUT2D eigenvalue weighted by Gasteiger charge is -2.27. The van der Waals surface area contributed by atoms with Gasteiger partial charge in [-0.25, -0.2) is 0 Å². The summed E-state index contributed by atoms with van der Waals surface area (Å²) in [7, 11) is 0. The van der Waals surface area contributed by atoms with E-state index < -0.39 is 0 Å². The third-order valence-electron chi connectivity index (χ3n) is 3.12. The number of hydrogen-bond donors (Lipinski definition) is 1. The Hall–Kier alpha value is -1.02. The Kier molecular flexibility index (Phi) is 2.96. The van der Waals surface area contributed by atoms with Crippen LogP contribution in [0.1, 0.15) is 35.4 Å². The largest absolute Gasteiger partial charge is 0.493 e. The number of benzene rings is 1. The van der Waals surface area contributed by atoms with Crippen molar-refractivity contribution in [2.24, 2.45) is 5.73 Å². The maximum absolute atomic E-state index is 5.74. The van der Waals surface area contributed by atoms with Gasteiger partial charge in [0.1, 0.15) is 5.75 Å². The highest BCUT2D eigenvalue weighted by atomic mass is 16.5. The molecule has 1 heterocycles. The van der Waals surface area contributed by atoms with E-state index in [-0.39, 0.29) is 0 Å². The summed E-state index contributed by atoms with van der Waals surface area (Å²) in [6, 6.07) is 4.44. The highest BCUT2D eigenvalue weighted by Crippen LogP contribution is 2.38. The summed E-state index contributed by atoms with van der Waals surface area (Å²) >= 11 is 0. The van der Waals surface area contributed by atoms with Crippen molar-refractivity contribution in [3.05, 3.63) is 28.8 Å². The molecule has 0 spiro atoms. The summed E-state index contributed by atoms with van der Waals surface area (Å²) < 4.78 is 5.74. The zero-order chi connectivity index (χ0) is 10.8. The normalized spacial score (nSPS) is 19.5. The molecule has 82 valence electrons. The van der Waals surface area contributed by atoms with Gasteiger partial charge in [-0.3, -0.25) is 0 Å². The van der Waals surface area contributed by atoms with Crippen LogP contribution in [-0.2, 0) is 0 Å². The maximum Gasteiger partial charge on any atom is 0.125 e. The van der Waals surface area contributed by atoms with Gasteiger partial charge >= 0.3 is 0 Å². The van der Waals surface area contributed by atoms with E-state index in [1.807, 2.05) is 0 Å². The molecule has 0 radical (unpaired) electrons. The van der Waals surface area contributed by atoms with Gasteiger partial charge in [0.05, 0.1) is 6.61 Å². The van der Waals surface area contributed by atoms with Crippen LogP contribution in [0.2, 0.25) is 0 Å². The fraction of sp³-hybridized carbons (Fsp3) is 0.538. The SMILES string of the molecule is Cc1cc(C)c2c(c1)C(CCN)CCO2. The first kappa shape index (κ1) is 10.5. The predicted octanol–water partition coefficient (Wildman–Crippen LogP) is 2.52. The molecule has 15 heavy (non-hydrogen) atoms. The Labute approximate surface area is 91.4 Å². The molecule has 0 aliphatic carbocycles. The second kappa shape index (κ2) is 4.23. The summed E-state index contributed by atoms with van der Waals surface area (Å²) in [5.41, 5.74) is 9.59. The molecule has 0 fully saturated rings. The van der Waals surface area contributed by atoms with E-state index in [1.165, 1.54) is 16.7 Å². The summed E-state index contributed by atoms with van der Waals surface area (Å²) in [6.07, 6.45) is 2.17. The van der Waals surface area contributed by atoms with Crippen molar-refractivity contribution in [1.29, 1.82) is 0 Å². The van der Waals surface area contributed by atoms with Gasteiger partial charge in [0.15, 0.2) is 0 Å². The van der Waals surface area contributed by atoms with Crippen molar-refractivity contribution in [3.8, 4) is 5.75 Å². The molecule has 2 heteroatoms. The minimum atomic E-state index is 0.595.